The molecule has 2 atom stereocenters. The van der Waals surface area contributed by atoms with Crippen LogP contribution in [0.15, 0.2) is 0 Å². The minimum Gasteiger partial charge on any atom is -0.393 e. The van der Waals surface area contributed by atoms with Gasteiger partial charge in [0.1, 0.15) is 0 Å². The fourth-order valence-electron chi connectivity index (χ4n) is 2.37. The highest BCUT2D eigenvalue weighted by atomic mass is 16.3. The standard InChI is InChI=1S/C13H25NO2/c1-10(15)7-8-12(16)14-11-6-4-5-9-13(11,2)3/h10-11,15H,4-9H2,1-3H3,(H,14,16). The Morgan fingerprint density at radius 2 is 2.19 bits per heavy atom. The van der Waals surface area contributed by atoms with E-state index in [1.165, 1.54) is 19.3 Å². The predicted molar refractivity (Wildman–Crippen MR) is 65.1 cm³/mol. The molecule has 1 fully saturated rings. The van der Waals surface area contributed by atoms with Gasteiger partial charge in [0.2, 0.25) is 5.91 Å². The molecule has 16 heavy (non-hydrogen) atoms. The van der Waals surface area contributed by atoms with Crippen LogP contribution in [-0.2, 0) is 4.79 Å². The van der Waals surface area contributed by atoms with Gasteiger partial charge in [0, 0.05) is 12.5 Å². The van der Waals surface area contributed by atoms with Crippen LogP contribution in [0.4, 0.5) is 0 Å². The number of rotatable bonds is 4. The molecule has 0 aromatic rings. The lowest BCUT2D eigenvalue weighted by Gasteiger charge is -2.39. The third kappa shape index (κ3) is 4.12. The Balaban J connectivity index is 2.37. The van der Waals surface area contributed by atoms with Crippen LogP contribution in [-0.4, -0.2) is 23.2 Å². The maximum absolute atomic E-state index is 11.7. The van der Waals surface area contributed by atoms with Gasteiger partial charge in [0.15, 0.2) is 0 Å². The van der Waals surface area contributed by atoms with Crippen LogP contribution in [0.2, 0.25) is 0 Å². The van der Waals surface area contributed by atoms with Crippen molar-refractivity contribution >= 4 is 5.91 Å². The minimum absolute atomic E-state index is 0.0841. The normalized spacial score (nSPS) is 26.1. The Morgan fingerprint density at radius 3 is 2.75 bits per heavy atom. The fraction of sp³-hybridized carbons (Fsp3) is 0.923. The van der Waals surface area contributed by atoms with Crippen LogP contribution in [0.1, 0.15) is 59.3 Å². The van der Waals surface area contributed by atoms with Gasteiger partial charge in [-0.05, 0) is 31.6 Å². The highest BCUT2D eigenvalue weighted by molar-refractivity contribution is 5.76. The summed E-state index contributed by atoms with van der Waals surface area (Å²) in [4.78, 5) is 11.7. The molecule has 1 amide bonds. The van der Waals surface area contributed by atoms with Crippen molar-refractivity contribution in [3.8, 4) is 0 Å². The van der Waals surface area contributed by atoms with Crippen LogP contribution in [0.3, 0.4) is 0 Å². The third-order valence-corrected chi connectivity index (χ3v) is 3.63. The van der Waals surface area contributed by atoms with Gasteiger partial charge >= 0.3 is 0 Å². The molecule has 94 valence electrons. The lowest BCUT2D eigenvalue weighted by molar-refractivity contribution is -0.123. The van der Waals surface area contributed by atoms with E-state index in [0.717, 1.165) is 6.42 Å². The van der Waals surface area contributed by atoms with Crippen molar-refractivity contribution < 1.29 is 9.90 Å². The summed E-state index contributed by atoms with van der Waals surface area (Å²) < 4.78 is 0. The van der Waals surface area contributed by atoms with Crippen LogP contribution in [0.5, 0.6) is 0 Å². The molecule has 0 saturated heterocycles. The molecule has 3 nitrogen and oxygen atoms in total. The molecule has 1 rings (SSSR count). The zero-order chi connectivity index (χ0) is 12.2. The second-order valence-corrected chi connectivity index (χ2v) is 5.74. The Bertz CT molecular complexity index is 236. The number of aliphatic hydroxyl groups is 1. The van der Waals surface area contributed by atoms with E-state index in [0.29, 0.717) is 18.9 Å². The van der Waals surface area contributed by atoms with Gasteiger partial charge in [0.25, 0.3) is 0 Å². The monoisotopic (exact) mass is 227 g/mol. The SMILES string of the molecule is CC(O)CCC(=O)NC1CCCCC1(C)C. The van der Waals surface area contributed by atoms with E-state index in [9.17, 15) is 4.79 Å². The van der Waals surface area contributed by atoms with Crippen molar-refractivity contribution in [2.75, 3.05) is 0 Å². The molecule has 0 radical (unpaired) electrons. The minimum atomic E-state index is -0.384. The predicted octanol–water partition coefficient (Wildman–Crippen LogP) is 2.23. The Morgan fingerprint density at radius 1 is 1.50 bits per heavy atom. The van der Waals surface area contributed by atoms with Crippen LogP contribution < -0.4 is 5.32 Å². The van der Waals surface area contributed by atoms with Gasteiger partial charge in [-0.3, -0.25) is 4.79 Å². The summed E-state index contributed by atoms with van der Waals surface area (Å²) in [5.74, 6) is 0.0841. The van der Waals surface area contributed by atoms with Gasteiger partial charge in [-0.1, -0.05) is 26.7 Å². The van der Waals surface area contributed by atoms with Gasteiger partial charge in [-0.2, -0.15) is 0 Å². The molecule has 1 saturated carbocycles. The number of amides is 1. The van der Waals surface area contributed by atoms with Crippen molar-refractivity contribution in [2.45, 2.75) is 71.4 Å². The lowest BCUT2D eigenvalue weighted by atomic mass is 9.73. The molecule has 0 spiro atoms. The average molecular weight is 227 g/mol. The summed E-state index contributed by atoms with van der Waals surface area (Å²) in [5, 5.41) is 12.2. The molecule has 2 unspecified atom stereocenters. The fourth-order valence-corrected chi connectivity index (χ4v) is 2.37. The summed E-state index contributed by atoms with van der Waals surface area (Å²) in [6, 6.07) is 0.308. The molecule has 0 heterocycles. The third-order valence-electron chi connectivity index (χ3n) is 3.63. The van der Waals surface area contributed by atoms with Crippen molar-refractivity contribution in [1.82, 2.24) is 5.32 Å². The molecule has 3 heteroatoms. The highest BCUT2D eigenvalue weighted by Gasteiger charge is 2.32. The number of nitrogens with one attached hydrogen (secondary N) is 1. The maximum Gasteiger partial charge on any atom is 0.220 e. The summed E-state index contributed by atoms with van der Waals surface area (Å²) in [5.41, 5.74) is 0.221. The Labute approximate surface area is 98.6 Å². The van der Waals surface area contributed by atoms with Crippen molar-refractivity contribution in [1.29, 1.82) is 0 Å². The number of hydrogen-bond acceptors (Lipinski definition) is 2. The van der Waals surface area contributed by atoms with Gasteiger partial charge in [-0.15, -0.1) is 0 Å². The smallest absolute Gasteiger partial charge is 0.220 e. The van der Waals surface area contributed by atoms with Crippen molar-refractivity contribution in [3.63, 3.8) is 0 Å². The van der Waals surface area contributed by atoms with Gasteiger partial charge in [-0.25, -0.2) is 0 Å². The molecule has 0 bridgehead atoms. The molecule has 1 aliphatic carbocycles. The zero-order valence-electron chi connectivity index (χ0n) is 10.8. The first-order chi connectivity index (χ1) is 7.42. The van der Waals surface area contributed by atoms with E-state index >= 15 is 0 Å². The molecule has 0 aliphatic heterocycles. The number of hydrogen-bond donors (Lipinski definition) is 2. The maximum atomic E-state index is 11.7. The first-order valence-corrected chi connectivity index (χ1v) is 6.39. The van der Waals surface area contributed by atoms with Crippen LogP contribution in [0, 0.1) is 5.41 Å². The summed E-state index contributed by atoms with van der Waals surface area (Å²) in [6.07, 6.45) is 5.37. The van der Waals surface area contributed by atoms with Gasteiger partial charge < -0.3 is 10.4 Å². The first kappa shape index (κ1) is 13.5. The highest BCUT2D eigenvalue weighted by Crippen LogP contribution is 2.35. The van der Waals surface area contributed by atoms with E-state index in [-0.39, 0.29) is 17.4 Å². The van der Waals surface area contributed by atoms with Crippen molar-refractivity contribution in [3.05, 3.63) is 0 Å². The largest absolute Gasteiger partial charge is 0.393 e. The van der Waals surface area contributed by atoms with E-state index in [2.05, 4.69) is 19.2 Å². The number of carbonyl (C=O) groups excluding carboxylic acids is 1. The van der Waals surface area contributed by atoms with Crippen LogP contribution >= 0.6 is 0 Å². The van der Waals surface area contributed by atoms with Crippen molar-refractivity contribution in [2.24, 2.45) is 5.41 Å². The molecule has 1 aliphatic rings. The topological polar surface area (TPSA) is 49.3 Å². The zero-order valence-corrected chi connectivity index (χ0v) is 10.8. The number of carbonyl (C=O) groups is 1. The van der Waals surface area contributed by atoms with E-state index in [1.807, 2.05) is 0 Å². The van der Waals surface area contributed by atoms with Gasteiger partial charge in [0.05, 0.1) is 6.10 Å². The van der Waals surface area contributed by atoms with E-state index in [1.54, 1.807) is 6.92 Å². The van der Waals surface area contributed by atoms with E-state index < -0.39 is 0 Å². The molecular weight excluding hydrogens is 202 g/mol. The molecule has 0 aromatic carbocycles. The quantitative estimate of drug-likeness (QED) is 0.773. The average Bonchev–Trinajstić information content (AvgIpc) is 2.18. The second-order valence-electron chi connectivity index (χ2n) is 5.74. The molecule has 2 N–H and O–H groups in total. The Kier molecular flexibility index (Phi) is 4.78. The van der Waals surface area contributed by atoms with Crippen LogP contribution in [0.25, 0.3) is 0 Å². The summed E-state index contributed by atoms with van der Waals surface area (Å²) in [6.45, 7) is 6.18. The molecular formula is C13H25NO2. The second kappa shape index (κ2) is 5.67. The number of aliphatic hydroxyl groups excluding tert-OH is 1. The summed E-state index contributed by atoms with van der Waals surface area (Å²) in [7, 11) is 0. The molecule has 0 aromatic heterocycles. The first-order valence-electron chi connectivity index (χ1n) is 6.39. The lowest BCUT2D eigenvalue weighted by Crippen LogP contribution is -2.46. The van der Waals surface area contributed by atoms with E-state index in [4.69, 9.17) is 5.11 Å². The summed E-state index contributed by atoms with van der Waals surface area (Å²) >= 11 is 0. The Hall–Kier alpha value is -0.570.